The van der Waals surface area contributed by atoms with Crippen LogP contribution in [0.4, 0.5) is 0 Å². The lowest BCUT2D eigenvalue weighted by molar-refractivity contribution is 0.339. The van der Waals surface area contributed by atoms with Gasteiger partial charge in [0.05, 0.1) is 24.9 Å². The number of benzene rings is 2. The fraction of sp³-hybridized carbons (Fsp3) is 0.333. The Bertz CT molecular complexity index is 806. The first kappa shape index (κ1) is 19.8. The van der Waals surface area contributed by atoms with Crippen molar-refractivity contribution in [1.29, 1.82) is 0 Å². The van der Waals surface area contributed by atoms with Crippen molar-refractivity contribution in [3.05, 3.63) is 52.5 Å². The number of hydrogen-bond acceptors (Lipinski definition) is 5. The lowest BCUT2D eigenvalue weighted by Crippen LogP contribution is -2.25. The number of ether oxygens (including phenoxy) is 2. The van der Waals surface area contributed by atoms with E-state index in [1.54, 1.807) is 38.5 Å². The molecule has 0 aliphatic rings. The van der Waals surface area contributed by atoms with Gasteiger partial charge < -0.3 is 14.4 Å². The van der Waals surface area contributed by atoms with Crippen molar-refractivity contribution in [3.8, 4) is 11.5 Å². The lowest BCUT2D eigenvalue weighted by atomic mass is 10.2. The monoisotopic (exact) mass is 427 g/mol. The van der Waals surface area contributed by atoms with Gasteiger partial charge in [-0.3, -0.25) is 0 Å². The molecule has 0 heterocycles. The highest BCUT2D eigenvalue weighted by Gasteiger charge is 2.15. The van der Waals surface area contributed by atoms with Gasteiger partial charge in [0.1, 0.15) is 0 Å². The van der Waals surface area contributed by atoms with E-state index in [1.165, 1.54) is 0 Å². The molecule has 2 aromatic rings. The molecule has 5 nitrogen and oxygen atoms in total. The zero-order valence-electron chi connectivity index (χ0n) is 14.5. The Morgan fingerprint density at radius 2 is 1.64 bits per heavy atom. The highest BCUT2D eigenvalue weighted by atomic mass is 79.9. The van der Waals surface area contributed by atoms with Gasteiger partial charge in [-0.15, -0.1) is 0 Å². The topological polar surface area (TPSA) is 55.8 Å². The SMILES string of the molecule is COc1ccc(CN(C)CCS(=O)(=O)c2ccc(Br)cc2)cc1OC. The van der Waals surface area contributed by atoms with Crippen molar-refractivity contribution < 1.29 is 17.9 Å². The Morgan fingerprint density at radius 1 is 1.00 bits per heavy atom. The van der Waals surface area contributed by atoms with Gasteiger partial charge in [-0.05, 0) is 49.0 Å². The molecule has 0 spiro atoms. The Morgan fingerprint density at radius 3 is 2.24 bits per heavy atom. The summed E-state index contributed by atoms with van der Waals surface area (Å²) in [5.74, 6) is 1.40. The van der Waals surface area contributed by atoms with Crippen molar-refractivity contribution in [2.75, 3.05) is 33.6 Å². The van der Waals surface area contributed by atoms with E-state index < -0.39 is 9.84 Å². The summed E-state index contributed by atoms with van der Waals surface area (Å²) in [7, 11) is 1.79. The van der Waals surface area contributed by atoms with Crippen LogP contribution in [0.25, 0.3) is 0 Å². The number of nitrogens with zero attached hydrogens (tertiary/aromatic N) is 1. The van der Waals surface area contributed by atoms with E-state index in [1.807, 2.05) is 30.1 Å². The minimum absolute atomic E-state index is 0.0679. The first-order valence-corrected chi connectivity index (χ1v) is 10.2. The molecular formula is C18H22BrNO4S. The minimum Gasteiger partial charge on any atom is -0.493 e. The molecular weight excluding hydrogens is 406 g/mol. The van der Waals surface area contributed by atoms with Gasteiger partial charge in [0.15, 0.2) is 21.3 Å². The van der Waals surface area contributed by atoms with E-state index in [9.17, 15) is 8.42 Å². The van der Waals surface area contributed by atoms with Crippen molar-refractivity contribution in [1.82, 2.24) is 4.90 Å². The molecule has 0 aromatic heterocycles. The summed E-state index contributed by atoms with van der Waals surface area (Å²) in [6, 6.07) is 12.4. The number of hydrogen-bond donors (Lipinski definition) is 0. The third-order valence-corrected chi connectivity index (χ3v) is 6.05. The zero-order chi connectivity index (χ0) is 18.4. The summed E-state index contributed by atoms with van der Waals surface area (Å²) < 4.78 is 36.2. The van der Waals surface area contributed by atoms with Crippen LogP contribution in [0, 0.1) is 0 Å². The predicted molar refractivity (Wildman–Crippen MR) is 102 cm³/mol. The van der Waals surface area contributed by atoms with Crippen LogP contribution in [-0.2, 0) is 16.4 Å². The number of halogens is 1. The van der Waals surface area contributed by atoms with Crippen LogP contribution in [0.3, 0.4) is 0 Å². The quantitative estimate of drug-likeness (QED) is 0.646. The lowest BCUT2D eigenvalue weighted by Gasteiger charge is -2.18. The summed E-state index contributed by atoms with van der Waals surface area (Å²) >= 11 is 3.31. The molecule has 136 valence electrons. The molecule has 0 amide bonds. The highest BCUT2D eigenvalue weighted by molar-refractivity contribution is 9.10. The third-order valence-electron chi connectivity index (χ3n) is 3.81. The summed E-state index contributed by atoms with van der Waals surface area (Å²) in [5, 5.41) is 0. The van der Waals surface area contributed by atoms with Gasteiger partial charge >= 0.3 is 0 Å². The van der Waals surface area contributed by atoms with Gasteiger partial charge in [0, 0.05) is 17.6 Å². The molecule has 0 bridgehead atoms. The maximum Gasteiger partial charge on any atom is 0.179 e. The van der Waals surface area contributed by atoms with Crippen molar-refractivity contribution >= 4 is 25.8 Å². The fourth-order valence-corrected chi connectivity index (χ4v) is 4.01. The molecule has 0 saturated carbocycles. The van der Waals surface area contributed by atoms with Gasteiger partial charge in [-0.1, -0.05) is 22.0 Å². The Hall–Kier alpha value is -1.57. The molecule has 0 aliphatic carbocycles. The van der Waals surface area contributed by atoms with Crippen LogP contribution in [0.5, 0.6) is 11.5 Å². The van der Waals surface area contributed by atoms with Crippen LogP contribution in [0.1, 0.15) is 5.56 Å². The first-order chi connectivity index (χ1) is 11.9. The van der Waals surface area contributed by atoms with Crippen molar-refractivity contribution in [2.24, 2.45) is 0 Å². The molecule has 0 N–H and O–H groups in total. The Labute approximate surface area is 157 Å². The fourth-order valence-electron chi connectivity index (χ4n) is 2.41. The number of rotatable bonds is 8. The summed E-state index contributed by atoms with van der Waals surface area (Å²) in [6.07, 6.45) is 0. The standard InChI is InChI=1S/C18H22BrNO4S/c1-20(13-14-4-9-17(23-2)18(12-14)24-3)10-11-25(21,22)16-7-5-15(19)6-8-16/h4-9,12H,10-11,13H2,1-3H3. The first-order valence-electron chi connectivity index (χ1n) is 7.73. The largest absolute Gasteiger partial charge is 0.493 e. The summed E-state index contributed by atoms with van der Waals surface area (Å²) in [6.45, 7) is 1.06. The average Bonchev–Trinajstić information content (AvgIpc) is 2.60. The van der Waals surface area contributed by atoms with E-state index in [0.29, 0.717) is 29.5 Å². The predicted octanol–water partition coefficient (Wildman–Crippen LogP) is 3.37. The Kier molecular flexibility index (Phi) is 6.87. The average molecular weight is 428 g/mol. The van der Waals surface area contributed by atoms with Gasteiger partial charge in [-0.25, -0.2) is 8.42 Å². The second kappa shape index (κ2) is 8.69. The highest BCUT2D eigenvalue weighted by Crippen LogP contribution is 2.28. The minimum atomic E-state index is -3.30. The van der Waals surface area contributed by atoms with E-state index in [-0.39, 0.29) is 5.75 Å². The van der Waals surface area contributed by atoms with E-state index in [2.05, 4.69) is 15.9 Å². The molecule has 0 fully saturated rings. The molecule has 2 rings (SSSR count). The normalized spacial score (nSPS) is 11.6. The summed E-state index contributed by atoms with van der Waals surface area (Å²) in [4.78, 5) is 2.31. The van der Waals surface area contributed by atoms with Gasteiger partial charge in [0.2, 0.25) is 0 Å². The second-order valence-electron chi connectivity index (χ2n) is 5.70. The molecule has 0 atom stereocenters. The van der Waals surface area contributed by atoms with E-state index in [4.69, 9.17) is 9.47 Å². The van der Waals surface area contributed by atoms with Crippen LogP contribution in [0.2, 0.25) is 0 Å². The number of methoxy groups -OCH3 is 2. The van der Waals surface area contributed by atoms with Crippen LogP contribution in [0.15, 0.2) is 51.8 Å². The molecule has 0 radical (unpaired) electrons. The second-order valence-corrected chi connectivity index (χ2v) is 8.72. The maximum atomic E-state index is 12.4. The van der Waals surface area contributed by atoms with Crippen LogP contribution < -0.4 is 9.47 Å². The van der Waals surface area contributed by atoms with Gasteiger partial charge in [-0.2, -0.15) is 0 Å². The van der Waals surface area contributed by atoms with Crippen molar-refractivity contribution in [3.63, 3.8) is 0 Å². The molecule has 0 aliphatic heterocycles. The number of sulfone groups is 1. The van der Waals surface area contributed by atoms with Crippen molar-refractivity contribution in [2.45, 2.75) is 11.4 Å². The smallest absolute Gasteiger partial charge is 0.179 e. The van der Waals surface area contributed by atoms with Gasteiger partial charge in [0.25, 0.3) is 0 Å². The molecule has 25 heavy (non-hydrogen) atoms. The molecule has 2 aromatic carbocycles. The molecule has 0 unspecified atom stereocenters. The van der Waals surface area contributed by atoms with E-state index in [0.717, 1.165) is 10.0 Å². The Balaban J connectivity index is 1.98. The van der Waals surface area contributed by atoms with E-state index >= 15 is 0 Å². The molecule has 0 saturated heterocycles. The summed E-state index contributed by atoms with van der Waals surface area (Å²) in [5.41, 5.74) is 1.03. The molecule has 7 heteroatoms. The van der Waals surface area contributed by atoms with Crippen LogP contribution in [-0.4, -0.2) is 46.9 Å². The van der Waals surface area contributed by atoms with Crippen LogP contribution >= 0.6 is 15.9 Å². The maximum absolute atomic E-state index is 12.4. The third kappa shape index (κ3) is 5.45. The zero-order valence-corrected chi connectivity index (χ0v) is 16.9.